The van der Waals surface area contributed by atoms with Crippen LogP contribution in [0.1, 0.15) is 42.1 Å². The van der Waals surface area contributed by atoms with E-state index in [4.69, 9.17) is 9.52 Å². The van der Waals surface area contributed by atoms with Gasteiger partial charge in [-0.05, 0) is 31.0 Å². The zero-order chi connectivity index (χ0) is 12.7. The van der Waals surface area contributed by atoms with Crippen molar-refractivity contribution in [3.63, 3.8) is 0 Å². The Balaban J connectivity index is 2.18. The number of benzene rings is 1. The summed E-state index contributed by atoms with van der Waals surface area (Å²) < 4.78 is 6.81. The number of rotatable bonds is 2. The van der Waals surface area contributed by atoms with Gasteiger partial charge in [0, 0.05) is 6.04 Å². The zero-order valence-corrected chi connectivity index (χ0v) is 9.76. The van der Waals surface area contributed by atoms with Crippen molar-refractivity contribution in [2.75, 3.05) is 0 Å². The van der Waals surface area contributed by atoms with Crippen LogP contribution in [0.5, 0.6) is 0 Å². The fourth-order valence-corrected chi connectivity index (χ4v) is 2.68. The minimum absolute atomic E-state index is 0.134. The average Bonchev–Trinajstić information content (AvgIpc) is 2.93. The smallest absolute Gasteiger partial charge is 0.420 e. The molecule has 1 aliphatic rings. The zero-order valence-electron chi connectivity index (χ0n) is 9.76. The van der Waals surface area contributed by atoms with E-state index in [2.05, 4.69) is 0 Å². The van der Waals surface area contributed by atoms with Crippen molar-refractivity contribution >= 4 is 17.1 Å². The lowest BCUT2D eigenvalue weighted by atomic mass is 10.2. The number of hydrogen-bond donors (Lipinski definition) is 1. The van der Waals surface area contributed by atoms with Gasteiger partial charge in [0.05, 0.1) is 11.1 Å². The molecular weight excluding hydrogens is 234 g/mol. The Morgan fingerprint density at radius 1 is 1.33 bits per heavy atom. The van der Waals surface area contributed by atoms with Crippen LogP contribution in [0.3, 0.4) is 0 Å². The molecule has 5 heteroatoms. The van der Waals surface area contributed by atoms with Gasteiger partial charge in [-0.15, -0.1) is 0 Å². The van der Waals surface area contributed by atoms with Crippen LogP contribution in [0.25, 0.3) is 11.1 Å². The molecule has 0 unspecified atom stereocenters. The summed E-state index contributed by atoms with van der Waals surface area (Å²) in [5.74, 6) is -1.41. The van der Waals surface area contributed by atoms with Crippen molar-refractivity contribution in [2.24, 2.45) is 0 Å². The minimum atomic E-state index is -1.02. The Morgan fingerprint density at radius 2 is 2.06 bits per heavy atom. The standard InChI is InChI=1S/C13H13NO4/c15-12(16)8-5-6-10-11(7-8)18-13(17)14(10)9-3-1-2-4-9/h5-7,9H,1-4H2,(H,15,16). The van der Waals surface area contributed by atoms with Crippen molar-refractivity contribution in [1.82, 2.24) is 4.57 Å². The van der Waals surface area contributed by atoms with Gasteiger partial charge in [0.1, 0.15) is 0 Å². The highest BCUT2D eigenvalue weighted by molar-refractivity contribution is 5.91. The number of carboxylic acid groups (broad SMARTS) is 1. The number of carboxylic acids is 1. The molecule has 1 N–H and O–H groups in total. The first-order valence-corrected chi connectivity index (χ1v) is 6.05. The van der Waals surface area contributed by atoms with E-state index in [9.17, 15) is 9.59 Å². The number of hydrogen-bond acceptors (Lipinski definition) is 3. The van der Waals surface area contributed by atoms with Crippen molar-refractivity contribution in [3.05, 3.63) is 34.3 Å². The number of oxazole rings is 1. The fraction of sp³-hybridized carbons (Fsp3) is 0.385. The van der Waals surface area contributed by atoms with E-state index in [1.165, 1.54) is 12.1 Å². The SMILES string of the molecule is O=C(O)c1ccc2c(c1)oc(=O)n2C1CCCC1. The van der Waals surface area contributed by atoms with Crippen molar-refractivity contribution in [3.8, 4) is 0 Å². The second kappa shape index (κ2) is 4.01. The molecule has 1 aliphatic carbocycles. The first-order chi connectivity index (χ1) is 8.66. The molecule has 0 atom stereocenters. The van der Waals surface area contributed by atoms with Crippen LogP contribution in [0.4, 0.5) is 0 Å². The highest BCUT2D eigenvalue weighted by atomic mass is 16.4. The lowest BCUT2D eigenvalue weighted by Gasteiger charge is -2.09. The molecule has 0 amide bonds. The maximum absolute atomic E-state index is 11.9. The molecule has 1 aromatic carbocycles. The summed E-state index contributed by atoms with van der Waals surface area (Å²) in [7, 11) is 0. The van der Waals surface area contributed by atoms with Crippen LogP contribution in [0.2, 0.25) is 0 Å². The van der Waals surface area contributed by atoms with Gasteiger partial charge in [-0.25, -0.2) is 9.59 Å². The van der Waals surface area contributed by atoms with Gasteiger partial charge in [-0.3, -0.25) is 4.57 Å². The van der Waals surface area contributed by atoms with E-state index in [0.29, 0.717) is 11.1 Å². The molecule has 0 spiro atoms. The predicted octanol–water partition coefficient (Wildman–Crippen LogP) is 2.41. The van der Waals surface area contributed by atoms with Crippen molar-refractivity contribution in [1.29, 1.82) is 0 Å². The summed E-state index contributed by atoms with van der Waals surface area (Å²) in [5, 5.41) is 8.91. The van der Waals surface area contributed by atoms with E-state index in [0.717, 1.165) is 25.7 Å². The van der Waals surface area contributed by atoms with Gasteiger partial charge < -0.3 is 9.52 Å². The van der Waals surface area contributed by atoms with E-state index < -0.39 is 5.97 Å². The Kier molecular flexibility index (Phi) is 2.47. The lowest BCUT2D eigenvalue weighted by molar-refractivity contribution is 0.0697. The number of aromatic nitrogens is 1. The highest BCUT2D eigenvalue weighted by Gasteiger charge is 2.22. The summed E-state index contributed by atoms with van der Waals surface area (Å²) >= 11 is 0. The van der Waals surface area contributed by atoms with Crippen LogP contribution in [0, 0.1) is 0 Å². The molecule has 1 aromatic heterocycles. The maximum Gasteiger partial charge on any atom is 0.420 e. The fourth-order valence-electron chi connectivity index (χ4n) is 2.68. The highest BCUT2D eigenvalue weighted by Crippen LogP contribution is 2.31. The Hall–Kier alpha value is -2.04. The number of nitrogens with zero attached hydrogens (tertiary/aromatic N) is 1. The van der Waals surface area contributed by atoms with E-state index in [-0.39, 0.29) is 17.4 Å². The van der Waals surface area contributed by atoms with Crippen LogP contribution < -0.4 is 5.76 Å². The van der Waals surface area contributed by atoms with Gasteiger partial charge in [0.15, 0.2) is 5.58 Å². The molecule has 5 nitrogen and oxygen atoms in total. The maximum atomic E-state index is 11.9. The Morgan fingerprint density at radius 3 is 2.72 bits per heavy atom. The van der Waals surface area contributed by atoms with E-state index in [1.54, 1.807) is 10.6 Å². The molecule has 2 aromatic rings. The molecule has 1 fully saturated rings. The van der Waals surface area contributed by atoms with Crippen molar-refractivity contribution < 1.29 is 14.3 Å². The lowest BCUT2D eigenvalue weighted by Crippen LogP contribution is -2.18. The second-order valence-electron chi connectivity index (χ2n) is 4.66. The topological polar surface area (TPSA) is 72.4 Å². The number of fused-ring (bicyclic) bond motifs is 1. The first kappa shape index (κ1) is 11.1. The van der Waals surface area contributed by atoms with Crippen molar-refractivity contribution in [2.45, 2.75) is 31.7 Å². The van der Waals surface area contributed by atoms with Crippen LogP contribution in [-0.2, 0) is 0 Å². The van der Waals surface area contributed by atoms with Gasteiger partial charge in [-0.2, -0.15) is 0 Å². The summed E-state index contributed by atoms with van der Waals surface area (Å²) in [4.78, 5) is 22.7. The largest absolute Gasteiger partial charge is 0.478 e. The van der Waals surface area contributed by atoms with Gasteiger partial charge in [-0.1, -0.05) is 12.8 Å². The molecular formula is C13H13NO4. The molecule has 94 valence electrons. The molecule has 18 heavy (non-hydrogen) atoms. The first-order valence-electron chi connectivity index (χ1n) is 6.05. The molecule has 1 heterocycles. The second-order valence-corrected chi connectivity index (χ2v) is 4.66. The quantitative estimate of drug-likeness (QED) is 0.884. The third-order valence-corrected chi connectivity index (χ3v) is 3.55. The van der Waals surface area contributed by atoms with E-state index >= 15 is 0 Å². The van der Waals surface area contributed by atoms with Crippen LogP contribution in [0.15, 0.2) is 27.4 Å². The molecule has 1 saturated carbocycles. The molecule has 0 saturated heterocycles. The van der Waals surface area contributed by atoms with E-state index in [1.807, 2.05) is 0 Å². The summed E-state index contributed by atoms with van der Waals surface area (Å²) in [6, 6.07) is 4.76. The van der Waals surface area contributed by atoms with Gasteiger partial charge in [0.25, 0.3) is 0 Å². The molecule has 3 rings (SSSR count). The molecule has 0 bridgehead atoms. The molecule has 0 radical (unpaired) electrons. The third kappa shape index (κ3) is 1.63. The monoisotopic (exact) mass is 247 g/mol. The summed E-state index contributed by atoms with van der Waals surface area (Å²) in [6.45, 7) is 0. The van der Waals surface area contributed by atoms with Gasteiger partial charge in [0.2, 0.25) is 0 Å². The predicted molar refractivity (Wildman–Crippen MR) is 64.9 cm³/mol. The summed E-state index contributed by atoms with van der Waals surface area (Å²) in [5.41, 5.74) is 1.18. The van der Waals surface area contributed by atoms with Crippen LogP contribution >= 0.6 is 0 Å². The number of carbonyl (C=O) groups is 1. The Bertz CT molecular complexity index is 661. The minimum Gasteiger partial charge on any atom is -0.478 e. The third-order valence-electron chi connectivity index (χ3n) is 3.55. The normalized spacial score (nSPS) is 16.4. The summed E-state index contributed by atoms with van der Waals surface area (Å²) in [6.07, 6.45) is 4.21. The average molecular weight is 247 g/mol. The molecule has 0 aliphatic heterocycles. The Labute approximate surface area is 103 Å². The number of aromatic carboxylic acids is 1. The van der Waals surface area contributed by atoms with Crippen LogP contribution in [-0.4, -0.2) is 15.6 Å². The van der Waals surface area contributed by atoms with Gasteiger partial charge >= 0.3 is 11.7 Å².